The Balaban J connectivity index is 1.81. The van der Waals surface area contributed by atoms with E-state index in [1.807, 2.05) is 13.0 Å². The number of carbonyl (C=O) groups is 1. The van der Waals surface area contributed by atoms with Gasteiger partial charge in [-0.05, 0) is 48.4 Å². The number of benzene rings is 2. The lowest BCUT2D eigenvalue weighted by Crippen LogP contribution is -2.30. The van der Waals surface area contributed by atoms with Crippen LogP contribution in [0.2, 0.25) is 0 Å². The summed E-state index contributed by atoms with van der Waals surface area (Å²) in [4.78, 5) is 32.4. The van der Waals surface area contributed by atoms with Crippen LogP contribution in [0.3, 0.4) is 0 Å². The number of carbonyl (C=O) groups excluding carboxylic acids is 1. The number of halogens is 1. The van der Waals surface area contributed by atoms with Crippen LogP contribution in [0.25, 0.3) is 11.0 Å². The molecule has 0 spiro atoms. The molecule has 0 N–H and O–H groups in total. The number of rotatable bonds is 2. The molecule has 1 aliphatic heterocycles. The van der Waals surface area contributed by atoms with Gasteiger partial charge in [-0.2, -0.15) is 0 Å². The van der Waals surface area contributed by atoms with Gasteiger partial charge in [-0.3, -0.25) is 14.5 Å². The van der Waals surface area contributed by atoms with Gasteiger partial charge in [0.2, 0.25) is 5.76 Å². The van der Waals surface area contributed by atoms with Gasteiger partial charge in [0.25, 0.3) is 5.91 Å². The van der Waals surface area contributed by atoms with Crippen molar-refractivity contribution in [3.8, 4) is 0 Å². The van der Waals surface area contributed by atoms with Crippen molar-refractivity contribution in [2.45, 2.75) is 13.0 Å². The number of hydrogen-bond acceptors (Lipinski definition) is 4. The van der Waals surface area contributed by atoms with E-state index in [1.54, 1.807) is 48.7 Å². The number of aryl methyl sites for hydroxylation is 1. The van der Waals surface area contributed by atoms with Crippen molar-refractivity contribution in [2.24, 2.45) is 0 Å². The smallest absolute Gasteiger partial charge is 0.296 e. The van der Waals surface area contributed by atoms with Crippen LogP contribution < -0.4 is 10.3 Å². The predicted molar refractivity (Wildman–Crippen MR) is 107 cm³/mol. The highest BCUT2D eigenvalue weighted by molar-refractivity contribution is 6.10. The Morgan fingerprint density at radius 1 is 1.00 bits per heavy atom. The molecule has 1 amide bonds. The average molecular weight is 386 g/mol. The molecule has 5 rings (SSSR count). The first-order valence-corrected chi connectivity index (χ1v) is 9.12. The van der Waals surface area contributed by atoms with Crippen molar-refractivity contribution in [3.05, 3.63) is 105 Å². The molecule has 1 unspecified atom stereocenters. The van der Waals surface area contributed by atoms with Crippen molar-refractivity contribution in [1.29, 1.82) is 0 Å². The van der Waals surface area contributed by atoms with Crippen LogP contribution in [0.4, 0.5) is 10.2 Å². The maximum Gasteiger partial charge on any atom is 0.296 e. The van der Waals surface area contributed by atoms with Crippen molar-refractivity contribution in [3.63, 3.8) is 0 Å². The zero-order chi connectivity index (χ0) is 20.1. The highest BCUT2D eigenvalue weighted by Gasteiger charge is 2.44. The maximum absolute atomic E-state index is 13.5. The second-order valence-electron chi connectivity index (χ2n) is 6.99. The van der Waals surface area contributed by atoms with Crippen LogP contribution in [-0.2, 0) is 0 Å². The Bertz CT molecular complexity index is 1310. The van der Waals surface area contributed by atoms with E-state index in [9.17, 15) is 14.0 Å². The molecule has 0 radical (unpaired) electrons. The first-order valence-electron chi connectivity index (χ1n) is 9.12. The molecule has 1 atom stereocenters. The van der Waals surface area contributed by atoms with Gasteiger partial charge < -0.3 is 4.42 Å². The van der Waals surface area contributed by atoms with E-state index in [4.69, 9.17) is 4.42 Å². The molecular formula is C23H15FN2O3. The topological polar surface area (TPSA) is 63.4 Å². The first-order chi connectivity index (χ1) is 14.0. The summed E-state index contributed by atoms with van der Waals surface area (Å²) in [5, 5.41) is 0.393. The molecule has 0 saturated heterocycles. The lowest BCUT2D eigenvalue weighted by Gasteiger charge is -2.24. The average Bonchev–Trinajstić information content (AvgIpc) is 3.02. The third kappa shape index (κ3) is 2.64. The first kappa shape index (κ1) is 17.3. The molecule has 0 saturated carbocycles. The molecule has 0 aliphatic carbocycles. The van der Waals surface area contributed by atoms with Crippen molar-refractivity contribution >= 4 is 22.7 Å². The molecule has 3 heterocycles. The third-order valence-corrected chi connectivity index (χ3v) is 5.11. The molecule has 4 aromatic rings. The zero-order valence-corrected chi connectivity index (χ0v) is 15.4. The van der Waals surface area contributed by atoms with Gasteiger partial charge in [-0.1, -0.05) is 30.3 Å². The summed E-state index contributed by atoms with van der Waals surface area (Å²) in [6.07, 6.45) is 1.65. The van der Waals surface area contributed by atoms with Crippen LogP contribution in [0, 0.1) is 12.7 Å². The summed E-state index contributed by atoms with van der Waals surface area (Å²) in [7, 11) is 0. The normalized spacial score (nSPS) is 15.7. The lowest BCUT2D eigenvalue weighted by atomic mass is 9.98. The number of para-hydroxylation sites is 1. The highest BCUT2D eigenvalue weighted by atomic mass is 19.1. The van der Waals surface area contributed by atoms with Crippen molar-refractivity contribution < 1.29 is 13.6 Å². The number of nitrogens with zero attached hydrogens (tertiary/aromatic N) is 2. The zero-order valence-electron chi connectivity index (χ0n) is 15.4. The minimum Gasteiger partial charge on any atom is -0.450 e. The Hall–Kier alpha value is -3.80. The van der Waals surface area contributed by atoms with E-state index in [2.05, 4.69) is 4.98 Å². The number of hydrogen-bond donors (Lipinski definition) is 0. The van der Waals surface area contributed by atoms with Gasteiger partial charge in [-0.15, -0.1) is 0 Å². The Morgan fingerprint density at radius 3 is 2.48 bits per heavy atom. The number of pyridine rings is 1. The van der Waals surface area contributed by atoms with Gasteiger partial charge in [0.05, 0.1) is 17.0 Å². The molecule has 0 bridgehead atoms. The van der Waals surface area contributed by atoms with Gasteiger partial charge in [0.1, 0.15) is 17.2 Å². The molecule has 29 heavy (non-hydrogen) atoms. The third-order valence-electron chi connectivity index (χ3n) is 5.11. The number of amides is 1. The summed E-state index contributed by atoms with van der Waals surface area (Å²) in [5.74, 6) is -0.465. The summed E-state index contributed by atoms with van der Waals surface area (Å²) in [6, 6.07) is 15.4. The van der Waals surface area contributed by atoms with E-state index < -0.39 is 17.8 Å². The molecule has 1 aliphatic rings. The van der Waals surface area contributed by atoms with Crippen LogP contribution >= 0.6 is 0 Å². The minimum absolute atomic E-state index is 0.00889. The SMILES string of the molecule is Cc1ccc(N2C(=O)c3oc4ccccc4c(=O)c3C2c2ccc(F)cc2)nc1. The second kappa shape index (κ2) is 6.38. The Labute approximate surface area is 165 Å². The van der Waals surface area contributed by atoms with E-state index >= 15 is 0 Å². The molecule has 0 fully saturated rings. The molecule has 2 aromatic heterocycles. The monoisotopic (exact) mass is 386 g/mol. The fraction of sp³-hybridized carbons (Fsp3) is 0.0870. The number of aromatic nitrogens is 1. The summed E-state index contributed by atoms with van der Waals surface area (Å²) in [6.45, 7) is 1.90. The number of fused-ring (bicyclic) bond motifs is 2. The largest absolute Gasteiger partial charge is 0.450 e. The standard InChI is InChI=1S/C23H15FN2O3/c1-13-6-11-18(25-12-13)26-20(14-7-9-15(24)10-8-14)19-21(27)16-4-2-3-5-17(16)29-22(19)23(26)28/h2-12,20H,1H3. The second-order valence-corrected chi connectivity index (χ2v) is 6.99. The molecule has 142 valence electrons. The molecule has 2 aromatic carbocycles. The van der Waals surface area contributed by atoms with Crippen LogP contribution in [0.15, 0.2) is 76.1 Å². The van der Waals surface area contributed by atoms with Crippen molar-refractivity contribution in [1.82, 2.24) is 4.98 Å². The molecular weight excluding hydrogens is 371 g/mol. The van der Waals surface area contributed by atoms with Crippen LogP contribution in [-0.4, -0.2) is 10.9 Å². The Kier molecular flexibility index (Phi) is 3.81. The summed E-state index contributed by atoms with van der Waals surface area (Å²) in [5.41, 5.74) is 1.85. The number of anilines is 1. The summed E-state index contributed by atoms with van der Waals surface area (Å²) < 4.78 is 19.4. The lowest BCUT2D eigenvalue weighted by molar-refractivity contribution is 0.0970. The summed E-state index contributed by atoms with van der Waals surface area (Å²) >= 11 is 0. The van der Waals surface area contributed by atoms with Crippen molar-refractivity contribution in [2.75, 3.05) is 4.90 Å². The fourth-order valence-electron chi connectivity index (χ4n) is 3.72. The Morgan fingerprint density at radius 2 is 1.76 bits per heavy atom. The molecule has 5 nitrogen and oxygen atoms in total. The highest BCUT2D eigenvalue weighted by Crippen LogP contribution is 2.40. The van der Waals surface area contributed by atoms with Gasteiger partial charge in [-0.25, -0.2) is 9.37 Å². The van der Waals surface area contributed by atoms with E-state index in [1.165, 1.54) is 17.0 Å². The minimum atomic E-state index is -0.755. The van der Waals surface area contributed by atoms with Gasteiger partial charge in [0, 0.05) is 6.20 Å². The van der Waals surface area contributed by atoms with Crippen LogP contribution in [0.5, 0.6) is 0 Å². The van der Waals surface area contributed by atoms with E-state index in [-0.39, 0.29) is 16.8 Å². The van der Waals surface area contributed by atoms with Gasteiger partial charge in [0.15, 0.2) is 5.43 Å². The fourth-order valence-corrected chi connectivity index (χ4v) is 3.72. The molecule has 6 heteroatoms. The van der Waals surface area contributed by atoms with Gasteiger partial charge >= 0.3 is 0 Å². The van der Waals surface area contributed by atoms with Crippen LogP contribution in [0.1, 0.15) is 33.3 Å². The quantitative estimate of drug-likeness (QED) is 0.513. The predicted octanol–water partition coefficient (Wildman–Crippen LogP) is 4.39. The maximum atomic E-state index is 13.5. The van der Waals surface area contributed by atoms with E-state index in [0.29, 0.717) is 22.4 Å². The van der Waals surface area contributed by atoms with E-state index in [0.717, 1.165) is 5.56 Å².